The maximum atomic E-state index is 8.34. The van der Waals surface area contributed by atoms with Gasteiger partial charge in [0.15, 0.2) is 0 Å². The predicted octanol–water partition coefficient (Wildman–Crippen LogP) is 2.41. The van der Waals surface area contributed by atoms with Crippen molar-refractivity contribution in [3.05, 3.63) is 24.3 Å². The minimum absolute atomic E-state index is 0.600. The van der Waals surface area contributed by atoms with E-state index < -0.39 is 0 Å². The average molecular weight is 190 g/mol. The van der Waals surface area contributed by atoms with Gasteiger partial charge >= 0.3 is 0 Å². The maximum Gasteiger partial charge on any atom is 0.119 e. The summed E-state index contributed by atoms with van der Waals surface area (Å²) in [5.41, 5.74) is 1.06. The summed E-state index contributed by atoms with van der Waals surface area (Å²) in [5, 5.41) is 11.6. The van der Waals surface area contributed by atoms with Crippen molar-refractivity contribution in [2.45, 2.75) is 12.8 Å². The molecular weight excluding hydrogens is 176 g/mol. The SMILES string of the molecule is COc1ccc(NCCCC#N)cc1. The topological polar surface area (TPSA) is 45.0 Å². The largest absolute Gasteiger partial charge is 0.497 e. The number of methoxy groups -OCH3 is 1. The van der Waals surface area contributed by atoms with E-state index in [1.807, 2.05) is 24.3 Å². The molecule has 0 aliphatic carbocycles. The second-order valence-electron chi connectivity index (χ2n) is 2.92. The number of hydrogen-bond donors (Lipinski definition) is 1. The van der Waals surface area contributed by atoms with E-state index in [0.29, 0.717) is 6.42 Å². The van der Waals surface area contributed by atoms with Crippen LogP contribution in [0.5, 0.6) is 5.75 Å². The molecule has 0 fully saturated rings. The monoisotopic (exact) mass is 190 g/mol. The highest BCUT2D eigenvalue weighted by atomic mass is 16.5. The van der Waals surface area contributed by atoms with Crippen molar-refractivity contribution in [3.8, 4) is 11.8 Å². The molecule has 0 radical (unpaired) electrons. The van der Waals surface area contributed by atoms with Gasteiger partial charge in [-0.2, -0.15) is 5.26 Å². The Morgan fingerprint density at radius 1 is 1.36 bits per heavy atom. The molecule has 3 heteroatoms. The van der Waals surface area contributed by atoms with Crippen LogP contribution >= 0.6 is 0 Å². The van der Waals surface area contributed by atoms with E-state index in [0.717, 1.165) is 24.4 Å². The molecule has 1 aromatic rings. The average Bonchev–Trinajstić information content (AvgIpc) is 2.25. The second kappa shape index (κ2) is 5.87. The molecule has 0 unspecified atom stereocenters. The molecule has 0 aromatic heterocycles. The lowest BCUT2D eigenvalue weighted by Gasteiger charge is -2.05. The normalized spacial score (nSPS) is 9.14. The number of nitrogens with one attached hydrogen (secondary N) is 1. The van der Waals surface area contributed by atoms with Crippen LogP contribution in [0.2, 0.25) is 0 Å². The first-order valence-corrected chi connectivity index (χ1v) is 4.61. The van der Waals surface area contributed by atoms with Crippen LogP contribution in [0.4, 0.5) is 5.69 Å². The van der Waals surface area contributed by atoms with Gasteiger partial charge in [-0.1, -0.05) is 0 Å². The number of hydrogen-bond acceptors (Lipinski definition) is 3. The number of unbranched alkanes of at least 4 members (excludes halogenated alkanes) is 1. The van der Waals surface area contributed by atoms with Crippen LogP contribution in [0.15, 0.2) is 24.3 Å². The summed E-state index contributed by atoms with van der Waals surface area (Å²) < 4.78 is 5.04. The molecule has 0 saturated carbocycles. The number of rotatable bonds is 5. The summed E-state index contributed by atoms with van der Waals surface area (Å²) in [6.07, 6.45) is 1.48. The van der Waals surface area contributed by atoms with Crippen molar-refractivity contribution in [2.24, 2.45) is 0 Å². The molecule has 74 valence electrons. The molecule has 0 bridgehead atoms. The van der Waals surface area contributed by atoms with E-state index in [2.05, 4.69) is 11.4 Å². The van der Waals surface area contributed by atoms with Crippen LogP contribution in [-0.2, 0) is 0 Å². The molecule has 1 aromatic carbocycles. The Labute approximate surface area is 84.3 Å². The van der Waals surface area contributed by atoms with Crippen molar-refractivity contribution in [1.82, 2.24) is 0 Å². The first-order valence-electron chi connectivity index (χ1n) is 4.61. The van der Waals surface area contributed by atoms with Crippen LogP contribution in [0.25, 0.3) is 0 Å². The van der Waals surface area contributed by atoms with Gasteiger partial charge in [0.2, 0.25) is 0 Å². The lowest BCUT2D eigenvalue weighted by Crippen LogP contribution is -2.00. The molecule has 0 aliphatic rings. The Morgan fingerprint density at radius 3 is 2.64 bits per heavy atom. The van der Waals surface area contributed by atoms with Gasteiger partial charge in [-0.3, -0.25) is 0 Å². The fraction of sp³-hybridized carbons (Fsp3) is 0.364. The quantitative estimate of drug-likeness (QED) is 0.725. The Kier molecular flexibility index (Phi) is 4.36. The van der Waals surface area contributed by atoms with Crippen LogP contribution in [-0.4, -0.2) is 13.7 Å². The maximum absolute atomic E-state index is 8.34. The summed E-state index contributed by atoms with van der Waals surface area (Å²) in [7, 11) is 1.65. The number of anilines is 1. The van der Waals surface area contributed by atoms with Crippen LogP contribution in [0, 0.1) is 11.3 Å². The van der Waals surface area contributed by atoms with Gasteiger partial charge in [0, 0.05) is 18.7 Å². The van der Waals surface area contributed by atoms with Gasteiger partial charge in [0.1, 0.15) is 5.75 Å². The van der Waals surface area contributed by atoms with Crippen molar-refractivity contribution < 1.29 is 4.74 Å². The zero-order chi connectivity index (χ0) is 10.2. The molecule has 14 heavy (non-hydrogen) atoms. The highest BCUT2D eigenvalue weighted by molar-refractivity contribution is 5.46. The minimum atomic E-state index is 0.600. The fourth-order valence-corrected chi connectivity index (χ4v) is 1.11. The van der Waals surface area contributed by atoms with Crippen LogP contribution in [0.3, 0.4) is 0 Å². The molecule has 0 atom stereocenters. The molecule has 0 amide bonds. The first kappa shape index (κ1) is 10.4. The molecule has 0 saturated heterocycles. The summed E-state index contributed by atoms with van der Waals surface area (Å²) in [5.74, 6) is 0.854. The molecule has 0 spiro atoms. The highest BCUT2D eigenvalue weighted by Gasteiger charge is 1.92. The van der Waals surface area contributed by atoms with Crippen LogP contribution < -0.4 is 10.1 Å². The lowest BCUT2D eigenvalue weighted by molar-refractivity contribution is 0.415. The van der Waals surface area contributed by atoms with E-state index in [9.17, 15) is 0 Å². The Morgan fingerprint density at radius 2 is 2.07 bits per heavy atom. The summed E-state index contributed by atoms with van der Waals surface area (Å²) in [4.78, 5) is 0. The van der Waals surface area contributed by atoms with Crippen molar-refractivity contribution in [2.75, 3.05) is 19.0 Å². The number of ether oxygens (including phenoxy) is 1. The minimum Gasteiger partial charge on any atom is -0.497 e. The molecule has 1 N–H and O–H groups in total. The number of benzene rings is 1. The lowest BCUT2D eigenvalue weighted by atomic mass is 10.3. The van der Waals surface area contributed by atoms with Crippen molar-refractivity contribution in [3.63, 3.8) is 0 Å². The van der Waals surface area contributed by atoms with Gasteiger partial charge in [0.05, 0.1) is 13.2 Å². The van der Waals surface area contributed by atoms with Gasteiger partial charge < -0.3 is 10.1 Å². The number of nitrogens with zero attached hydrogens (tertiary/aromatic N) is 1. The van der Waals surface area contributed by atoms with Gasteiger partial charge in [-0.25, -0.2) is 0 Å². The highest BCUT2D eigenvalue weighted by Crippen LogP contribution is 2.14. The van der Waals surface area contributed by atoms with Crippen molar-refractivity contribution in [1.29, 1.82) is 5.26 Å². The van der Waals surface area contributed by atoms with Gasteiger partial charge in [-0.15, -0.1) is 0 Å². The summed E-state index contributed by atoms with van der Waals surface area (Å²) in [6.45, 7) is 0.833. The third-order valence-corrected chi connectivity index (χ3v) is 1.88. The predicted molar refractivity (Wildman–Crippen MR) is 56.3 cm³/mol. The zero-order valence-corrected chi connectivity index (χ0v) is 8.29. The number of nitriles is 1. The van der Waals surface area contributed by atoms with Gasteiger partial charge in [-0.05, 0) is 30.7 Å². The van der Waals surface area contributed by atoms with E-state index in [4.69, 9.17) is 10.00 Å². The third kappa shape index (κ3) is 3.36. The first-order chi connectivity index (χ1) is 6.86. The molecule has 0 aliphatic heterocycles. The fourth-order valence-electron chi connectivity index (χ4n) is 1.11. The van der Waals surface area contributed by atoms with E-state index in [1.165, 1.54) is 0 Å². The molecular formula is C11H14N2O. The smallest absolute Gasteiger partial charge is 0.119 e. The summed E-state index contributed by atoms with van der Waals surface area (Å²) in [6, 6.07) is 9.86. The van der Waals surface area contributed by atoms with Gasteiger partial charge in [0.25, 0.3) is 0 Å². The Hall–Kier alpha value is -1.69. The van der Waals surface area contributed by atoms with Crippen molar-refractivity contribution >= 4 is 5.69 Å². The van der Waals surface area contributed by atoms with E-state index >= 15 is 0 Å². The zero-order valence-electron chi connectivity index (χ0n) is 8.29. The van der Waals surface area contributed by atoms with E-state index in [-0.39, 0.29) is 0 Å². The Balaban J connectivity index is 2.33. The van der Waals surface area contributed by atoms with E-state index in [1.54, 1.807) is 7.11 Å². The van der Waals surface area contributed by atoms with Crippen LogP contribution in [0.1, 0.15) is 12.8 Å². The molecule has 1 rings (SSSR count). The standard InChI is InChI=1S/C11H14N2O/c1-14-11-6-4-10(5-7-11)13-9-3-2-8-12/h4-7,13H,2-3,9H2,1H3. The third-order valence-electron chi connectivity index (χ3n) is 1.88. The Bertz CT molecular complexity index is 300. The molecule has 3 nitrogen and oxygen atoms in total. The molecule has 0 heterocycles. The summed E-state index contributed by atoms with van der Waals surface area (Å²) >= 11 is 0. The second-order valence-corrected chi connectivity index (χ2v) is 2.92.